The van der Waals surface area contributed by atoms with Gasteiger partial charge in [-0.05, 0) is 49.1 Å². The van der Waals surface area contributed by atoms with Crippen LogP contribution in [0.3, 0.4) is 0 Å². The molecule has 6 rings (SSSR count). The van der Waals surface area contributed by atoms with Gasteiger partial charge in [0, 0.05) is 17.7 Å². The number of halogens is 3. The van der Waals surface area contributed by atoms with Gasteiger partial charge in [0.25, 0.3) is 5.91 Å². The lowest BCUT2D eigenvalue weighted by atomic mass is 10.1. The number of nitrogens with zero attached hydrogens (tertiary/aromatic N) is 5. The maximum absolute atomic E-state index is 13.7. The highest BCUT2D eigenvalue weighted by Crippen LogP contribution is 2.41. The Morgan fingerprint density at radius 1 is 1.18 bits per heavy atom. The third-order valence-electron chi connectivity index (χ3n) is 6.33. The van der Waals surface area contributed by atoms with Gasteiger partial charge < -0.3 is 15.4 Å². The Hall–Kier alpha value is -3.89. The number of hydrogen-bond donors (Lipinski definition) is 1. The van der Waals surface area contributed by atoms with Crippen molar-refractivity contribution in [2.24, 2.45) is 5.92 Å². The molecular weight excluding hydrogens is 449 g/mol. The first kappa shape index (κ1) is 20.7. The zero-order valence-corrected chi connectivity index (χ0v) is 17.8. The molecule has 2 aliphatic rings. The lowest BCUT2D eigenvalue weighted by Crippen LogP contribution is -2.37. The molecule has 1 aromatic carbocycles. The van der Waals surface area contributed by atoms with Crippen molar-refractivity contribution in [2.75, 3.05) is 18.9 Å². The van der Waals surface area contributed by atoms with Crippen LogP contribution in [0.5, 0.6) is 5.88 Å². The number of amides is 1. The van der Waals surface area contributed by atoms with Gasteiger partial charge in [0.15, 0.2) is 0 Å². The number of anilines is 1. The number of aromatic nitrogens is 4. The van der Waals surface area contributed by atoms with Crippen LogP contribution in [0.4, 0.5) is 19.0 Å². The molecule has 0 bridgehead atoms. The molecule has 1 atom stereocenters. The molecule has 4 aromatic rings. The monoisotopic (exact) mass is 468 g/mol. The van der Waals surface area contributed by atoms with Gasteiger partial charge in [0.1, 0.15) is 23.6 Å². The lowest BCUT2D eigenvalue weighted by molar-refractivity contribution is -0.141. The minimum Gasteiger partial charge on any atom is -0.475 e. The number of rotatable bonds is 4. The van der Waals surface area contributed by atoms with Crippen molar-refractivity contribution in [3.8, 4) is 5.88 Å². The van der Waals surface area contributed by atoms with Gasteiger partial charge in [-0.1, -0.05) is 0 Å². The summed E-state index contributed by atoms with van der Waals surface area (Å²) in [4.78, 5) is 27.6. The summed E-state index contributed by atoms with van der Waals surface area (Å²) >= 11 is 0. The smallest absolute Gasteiger partial charge is 0.433 e. The molecule has 1 fully saturated rings. The van der Waals surface area contributed by atoms with E-state index in [1.807, 2.05) is 0 Å². The zero-order chi connectivity index (χ0) is 23.6. The standard InChI is InChI=1S/C23H19F3N6O2/c24-23(25,26)19-6-4-14-18(10-34-21(14)30-19)31(9-12-1-2-12)22(33)13-3-5-15-16(7-13)32-11-28-8-17(32)20(27)29-15/h3-8,11-12,18H,1-2,9-10H2,(H2,27,29)/t18-/m1/s1. The fourth-order valence-electron chi connectivity index (χ4n) is 4.39. The summed E-state index contributed by atoms with van der Waals surface area (Å²) < 4.78 is 46.5. The first-order chi connectivity index (χ1) is 16.3. The van der Waals surface area contributed by atoms with E-state index in [4.69, 9.17) is 10.5 Å². The minimum absolute atomic E-state index is 0.0551. The normalized spacial score (nSPS) is 17.7. The third-order valence-corrected chi connectivity index (χ3v) is 6.33. The number of ether oxygens (including phenoxy) is 1. The van der Waals surface area contributed by atoms with Gasteiger partial charge in [0.2, 0.25) is 5.88 Å². The number of carbonyl (C=O) groups is 1. The summed E-state index contributed by atoms with van der Waals surface area (Å²) in [6.07, 6.45) is 0.654. The average Bonchev–Trinajstić information content (AvgIpc) is 3.31. The Morgan fingerprint density at radius 3 is 2.76 bits per heavy atom. The van der Waals surface area contributed by atoms with E-state index in [1.165, 1.54) is 6.07 Å². The van der Waals surface area contributed by atoms with E-state index >= 15 is 0 Å². The first-order valence-corrected chi connectivity index (χ1v) is 10.8. The van der Waals surface area contributed by atoms with Crippen molar-refractivity contribution >= 4 is 28.3 Å². The Labute approximate surface area is 191 Å². The highest BCUT2D eigenvalue weighted by Gasteiger charge is 2.40. The largest absolute Gasteiger partial charge is 0.475 e. The van der Waals surface area contributed by atoms with Crippen LogP contribution in [-0.4, -0.2) is 43.3 Å². The molecule has 0 saturated heterocycles. The molecule has 1 amide bonds. The van der Waals surface area contributed by atoms with Crippen LogP contribution in [0.15, 0.2) is 42.9 Å². The van der Waals surface area contributed by atoms with E-state index in [0.29, 0.717) is 46.0 Å². The van der Waals surface area contributed by atoms with Gasteiger partial charge in [-0.15, -0.1) is 0 Å². The highest BCUT2D eigenvalue weighted by molar-refractivity contribution is 5.98. The van der Waals surface area contributed by atoms with Gasteiger partial charge >= 0.3 is 6.18 Å². The second kappa shape index (κ2) is 7.31. The van der Waals surface area contributed by atoms with E-state index in [1.54, 1.807) is 40.0 Å². The molecule has 4 heterocycles. The van der Waals surface area contributed by atoms with E-state index < -0.39 is 17.9 Å². The highest BCUT2D eigenvalue weighted by atomic mass is 19.4. The van der Waals surface area contributed by atoms with Crippen molar-refractivity contribution in [2.45, 2.75) is 25.1 Å². The van der Waals surface area contributed by atoms with Crippen molar-refractivity contribution in [1.82, 2.24) is 24.3 Å². The Balaban J connectivity index is 1.39. The molecule has 3 aromatic heterocycles. The number of nitrogen functional groups attached to an aromatic ring is 1. The fourth-order valence-corrected chi connectivity index (χ4v) is 4.39. The quantitative estimate of drug-likeness (QED) is 0.488. The van der Waals surface area contributed by atoms with Gasteiger partial charge in [-0.25, -0.2) is 15.0 Å². The molecular formula is C23H19F3N6O2. The molecule has 11 heteroatoms. The van der Waals surface area contributed by atoms with E-state index in [0.717, 1.165) is 18.9 Å². The molecule has 174 valence electrons. The predicted octanol–water partition coefficient (Wildman–Crippen LogP) is 3.86. The Bertz CT molecular complexity index is 1450. The average molecular weight is 468 g/mol. The molecule has 2 N–H and O–H groups in total. The zero-order valence-electron chi connectivity index (χ0n) is 17.8. The van der Waals surface area contributed by atoms with Gasteiger partial charge in [-0.2, -0.15) is 13.2 Å². The van der Waals surface area contributed by atoms with E-state index in [-0.39, 0.29) is 18.4 Å². The SMILES string of the molecule is Nc1nc2ccc(C(=O)N(CC3CC3)[C@@H]3COc4nc(C(F)(F)F)ccc43)cc2n2cncc12. The van der Waals surface area contributed by atoms with Crippen LogP contribution in [0, 0.1) is 5.92 Å². The summed E-state index contributed by atoms with van der Waals surface area (Å²) in [6, 6.07) is 6.91. The molecule has 8 nitrogen and oxygen atoms in total. The summed E-state index contributed by atoms with van der Waals surface area (Å²) in [5, 5.41) is 0. The van der Waals surface area contributed by atoms with E-state index in [2.05, 4.69) is 15.0 Å². The lowest BCUT2D eigenvalue weighted by Gasteiger charge is -2.28. The number of imidazole rings is 1. The molecule has 1 aliphatic heterocycles. The fraction of sp³-hybridized carbons (Fsp3) is 0.304. The summed E-state index contributed by atoms with van der Waals surface area (Å²) in [5.74, 6) is 0.384. The van der Waals surface area contributed by atoms with Crippen molar-refractivity contribution < 1.29 is 22.7 Å². The van der Waals surface area contributed by atoms with Crippen LogP contribution in [0.1, 0.15) is 40.5 Å². The van der Waals surface area contributed by atoms with Crippen molar-refractivity contribution in [3.63, 3.8) is 0 Å². The second-order valence-corrected chi connectivity index (χ2v) is 8.67. The number of pyridine rings is 1. The predicted molar refractivity (Wildman–Crippen MR) is 116 cm³/mol. The maximum Gasteiger partial charge on any atom is 0.433 e. The van der Waals surface area contributed by atoms with Crippen molar-refractivity contribution in [1.29, 1.82) is 0 Å². The molecule has 1 aliphatic carbocycles. The Kier molecular flexibility index (Phi) is 4.45. The first-order valence-electron chi connectivity index (χ1n) is 10.8. The van der Waals surface area contributed by atoms with Crippen LogP contribution in [0.25, 0.3) is 16.6 Å². The van der Waals surface area contributed by atoms with Crippen LogP contribution < -0.4 is 10.5 Å². The van der Waals surface area contributed by atoms with E-state index in [9.17, 15) is 18.0 Å². The topological polar surface area (TPSA) is 98.6 Å². The van der Waals surface area contributed by atoms with Crippen LogP contribution in [0.2, 0.25) is 0 Å². The second-order valence-electron chi connectivity index (χ2n) is 8.67. The summed E-state index contributed by atoms with van der Waals surface area (Å²) in [6.45, 7) is 0.547. The Morgan fingerprint density at radius 2 is 2.00 bits per heavy atom. The number of hydrogen-bond acceptors (Lipinski definition) is 6. The number of fused-ring (bicyclic) bond motifs is 4. The number of benzene rings is 1. The van der Waals surface area contributed by atoms with Crippen LogP contribution >= 0.6 is 0 Å². The van der Waals surface area contributed by atoms with Crippen LogP contribution in [-0.2, 0) is 6.18 Å². The molecule has 0 spiro atoms. The summed E-state index contributed by atoms with van der Waals surface area (Å²) in [7, 11) is 0. The third kappa shape index (κ3) is 3.39. The number of alkyl halides is 3. The summed E-state index contributed by atoms with van der Waals surface area (Å²) in [5.41, 5.74) is 7.83. The molecule has 0 unspecified atom stereocenters. The number of nitrogens with two attached hydrogens (primary N) is 1. The van der Waals surface area contributed by atoms with Gasteiger partial charge in [0.05, 0.1) is 29.6 Å². The maximum atomic E-state index is 13.7. The molecule has 1 saturated carbocycles. The van der Waals surface area contributed by atoms with Gasteiger partial charge in [-0.3, -0.25) is 9.20 Å². The number of carbonyl (C=O) groups excluding carboxylic acids is 1. The molecule has 34 heavy (non-hydrogen) atoms. The minimum atomic E-state index is -4.57. The van der Waals surface area contributed by atoms with Crippen molar-refractivity contribution in [3.05, 3.63) is 59.7 Å². The molecule has 0 radical (unpaired) electrons.